The lowest BCUT2D eigenvalue weighted by Gasteiger charge is -2.09. The van der Waals surface area contributed by atoms with Crippen LogP contribution in [0.2, 0.25) is 0 Å². The van der Waals surface area contributed by atoms with Gasteiger partial charge in [-0.15, -0.1) is 11.6 Å². The predicted molar refractivity (Wildman–Crippen MR) is 79.9 cm³/mol. The second-order valence-corrected chi connectivity index (χ2v) is 5.72. The van der Waals surface area contributed by atoms with Crippen molar-refractivity contribution in [3.05, 3.63) is 64.4 Å². The van der Waals surface area contributed by atoms with Gasteiger partial charge in [0.25, 0.3) is 0 Å². The highest BCUT2D eigenvalue weighted by molar-refractivity contribution is 9.10. The Bertz CT molecular complexity index is 487. The van der Waals surface area contributed by atoms with Crippen LogP contribution in [-0.2, 0) is 6.42 Å². The summed E-state index contributed by atoms with van der Waals surface area (Å²) >= 11 is 9.81. The van der Waals surface area contributed by atoms with Gasteiger partial charge in [-0.1, -0.05) is 30.3 Å². The summed E-state index contributed by atoms with van der Waals surface area (Å²) in [5.74, 6) is 0. The van der Waals surface area contributed by atoms with Gasteiger partial charge < -0.3 is 0 Å². The number of pyridine rings is 1. The summed E-state index contributed by atoms with van der Waals surface area (Å²) in [7, 11) is 0. The van der Waals surface area contributed by atoms with Crippen molar-refractivity contribution in [3.8, 4) is 0 Å². The summed E-state index contributed by atoms with van der Waals surface area (Å²) < 4.78 is 1.03. The molecule has 1 unspecified atom stereocenters. The van der Waals surface area contributed by atoms with E-state index in [1.165, 1.54) is 11.1 Å². The SMILES string of the molecule is ClC(CCCc1cncc(Br)c1)c1ccccc1. The third-order valence-electron chi connectivity index (χ3n) is 2.85. The molecule has 1 nitrogen and oxygen atoms in total. The molecule has 94 valence electrons. The Balaban J connectivity index is 1.82. The minimum absolute atomic E-state index is 0.103. The molecule has 0 radical (unpaired) electrons. The number of hydrogen-bond acceptors (Lipinski definition) is 1. The van der Waals surface area contributed by atoms with E-state index in [9.17, 15) is 0 Å². The number of halogens is 2. The fourth-order valence-electron chi connectivity index (χ4n) is 1.91. The molecule has 0 spiro atoms. The van der Waals surface area contributed by atoms with Crippen molar-refractivity contribution >= 4 is 27.5 Å². The highest BCUT2D eigenvalue weighted by Crippen LogP contribution is 2.26. The van der Waals surface area contributed by atoms with E-state index in [1.807, 2.05) is 24.4 Å². The van der Waals surface area contributed by atoms with E-state index in [-0.39, 0.29) is 5.38 Å². The van der Waals surface area contributed by atoms with Gasteiger partial charge in [0.2, 0.25) is 0 Å². The standard InChI is InChI=1S/C15H15BrClN/c16-14-9-12(10-18-11-14)5-4-8-15(17)13-6-2-1-3-7-13/h1-3,6-7,9-11,15H,4-5,8H2. The lowest BCUT2D eigenvalue weighted by Crippen LogP contribution is -1.93. The van der Waals surface area contributed by atoms with Gasteiger partial charge in [0.05, 0.1) is 5.38 Å². The molecule has 0 N–H and O–H groups in total. The topological polar surface area (TPSA) is 12.9 Å². The largest absolute Gasteiger partial charge is 0.263 e. The van der Waals surface area contributed by atoms with Gasteiger partial charge in [-0.25, -0.2) is 0 Å². The molecule has 0 aliphatic heterocycles. The average molecular weight is 325 g/mol. The third-order valence-corrected chi connectivity index (χ3v) is 3.75. The Morgan fingerprint density at radius 3 is 2.67 bits per heavy atom. The fourth-order valence-corrected chi connectivity index (χ4v) is 2.62. The van der Waals surface area contributed by atoms with Crippen LogP contribution in [0.4, 0.5) is 0 Å². The maximum atomic E-state index is 6.38. The molecule has 0 saturated carbocycles. The maximum Gasteiger partial charge on any atom is 0.0585 e. The molecule has 0 aliphatic carbocycles. The molecule has 3 heteroatoms. The minimum Gasteiger partial charge on any atom is -0.263 e. The highest BCUT2D eigenvalue weighted by Gasteiger charge is 2.06. The van der Waals surface area contributed by atoms with Crippen LogP contribution in [0.5, 0.6) is 0 Å². The lowest BCUT2D eigenvalue weighted by atomic mass is 10.0. The summed E-state index contributed by atoms with van der Waals surface area (Å²) in [5, 5.41) is 0.103. The van der Waals surface area contributed by atoms with Gasteiger partial charge in [-0.3, -0.25) is 4.98 Å². The first-order valence-corrected chi connectivity index (χ1v) is 7.27. The Morgan fingerprint density at radius 2 is 1.94 bits per heavy atom. The van der Waals surface area contributed by atoms with Crippen LogP contribution in [0, 0.1) is 0 Å². The van der Waals surface area contributed by atoms with Gasteiger partial charge in [0.15, 0.2) is 0 Å². The van der Waals surface area contributed by atoms with Crippen LogP contribution < -0.4 is 0 Å². The van der Waals surface area contributed by atoms with E-state index in [2.05, 4.69) is 39.1 Å². The summed E-state index contributed by atoms with van der Waals surface area (Å²) in [4.78, 5) is 4.16. The van der Waals surface area contributed by atoms with E-state index in [0.717, 1.165) is 23.7 Å². The average Bonchev–Trinajstić information content (AvgIpc) is 2.40. The summed E-state index contributed by atoms with van der Waals surface area (Å²) in [6, 6.07) is 12.3. The molecule has 2 aromatic rings. The molecule has 0 amide bonds. The van der Waals surface area contributed by atoms with Crippen LogP contribution in [-0.4, -0.2) is 4.98 Å². The molecule has 0 saturated heterocycles. The van der Waals surface area contributed by atoms with E-state index >= 15 is 0 Å². The summed E-state index contributed by atoms with van der Waals surface area (Å²) in [6.07, 6.45) is 6.79. The molecule has 2 rings (SSSR count). The van der Waals surface area contributed by atoms with Crippen LogP contribution >= 0.6 is 27.5 Å². The van der Waals surface area contributed by atoms with E-state index in [1.54, 1.807) is 6.20 Å². The van der Waals surface area contributed by atoms with Gasteiger partial charge in [0, 0.05) is 16.9 Å². The van der Waals surface area contributed by atoms with Crippen molar-refractivity contribution < 1.29 is 0 Å². The van der Waals surface area contributed by atoms with Gasteiger partial charge >= 0.3 is 0 Å². The predicted octanol–water partition coefficient (Wildman–Crippen LogP) is 5.15. The quantitative estimate of drug-likeness (QED) is 0.693. The highest BCUT2D eigenvalue weighted by atomic mass is 79.9. The molecule has 1 aromatic carbocycles. The molecule has 0 fully saturated rings. The fraction of sp³-hybridized carbons (Fsp3) is 0.267. The molecular formula is C15H15BrClN. The number of hydrogen-bond donors (Lipinski definition) is 0. The molecule has 1 aromatic heterocycles. The zero-order valence-corrected chi connectivity index (χ0v) is 12.4. The van der Waals surface area contributed by atoms with Crippen LogP contribution in [0.3, 0.4) is 0 Å². The van der Waals surface area contributed by atoms with E-state index in [4.69, 9.17) is 11.6 Å². The van der Waals surface area contributed by atoms with Crippen molar-refractivity contribution in [2.45, 2.75) is 24.6 Å². The minimum atomic E-state index is 0.103. The normalized spacial score (nSPS) is 12.3. The first-order valence-electron chi connectivity index (χ1n) is 6.04. The Labute approximate surface area is 121 Å². The Kier molecular flexibility index (Phi) is 5.21. The number of rotatable bonds is 5. The number of aryl methyl sites for hydroxylation is 1. The van der Waals surface area contributed by atoms with Crippen LogP contribution in [0.25, 0.3) is 0 Å². The molecule has 1 atom stereocenters. The summed E-state index contributed by atoms with van der Waals surface area (Å²) in [6.45, 7) is 0. The van der Waals surface area contributed by atoms with E-state index in [0.29, 0.717) is 0 Å². The van der Waals surface area contributed by atoms with E-state index < -0.39 is 0 Å². The van der Waals surface area contributed by atoms with Gasteiger partial charge in [-0.2, -0.15) is 0 Å². The molecule has 1 heterocycles. The van der Waals surface area contributed by atoms with Crippen LogP contribution in [0.15, 0.2) is 53.3 Å². The third kappa shape index (κ3) is 4.11. The first kappa shape index (κ1) is 13.6. The Morgan fingerprint density at radius 1 is 1.17 bits per heavy atom. The second kappa shape index (κ2) is 6.91. The maximum absolute atomic E-state index is 6.38. The van der Waals surface area contributed by atoms with Crippen molar-refractivity contribution in [2.24, 2.45) is 0 Å². The molecule has 18 heavy (non-hydrogen) atoms. The van der Waals surface area contributed by atoms with Gasteiger partial charge in [0.1, 0.15) is 0 Å². The zero-order valence-electron chi connectivity index (χ0n) is 10.0. The zero-order chi connectivity index (χ0) is 12.8. The number of nitrogens with zero attached hydrogens (tertiary/aromatic N) is 1. The van der Waals surface area contributed by atoms with Crippen molar-refractivity contribution in [1.82, 2.24) is 4.98 Å². The summed E-state index contributed by atoms with van der Waals surface area (Å²) in [5.41, 5.74) is 2.45. The van der Waals surface area contributed by atoms with Crippen molar-refractivity contribution in [2.75, 3.05) is 0 Å². The number of aromatic nitrogens is 1. The lowest BCUT2D eigenvalue weighted by molar-refractivity contribution is 0.714. The van der Waals surface area contributed by atoms with Crippen molar-refractivity contribution in [3.63, 3.8) is 0 Å². The van der Waals surface area contributed by atoms with Crippen molar-refractivity contribution in [1.29, 1.82) is 0 Å². The van der Waals surface area contributed by atoms with Crippen LogP contribution in [0.1, 0.15) is 29.3 Å². The smallest absolute Gasteiger partial charge is 0.0585 e. The Hall–Kier alpha value is -0.860. The number of alkyl halides is 1. The van der Waals surface area contributed by atoms with Gasteiger partial charge in [-0.05, 0) is 52.4 Å². The first-order chi connectivity index (χ1) is 8.75. The molecule has 0 bridgehead atoms. The second-order valence-electron chi connectivity index (χ2n) is 4.28. The monoisotopic (exact) mass is 323 g/mol. The molecular weight excluding hydrogens is 310 g/mol. The molecule has 0 aliphatic rings. The number of benzene rings is 1.